The zero-order chi connectivity index (χ0) is 15.9. The fourth-order valence-corrected chi connectivity index (χ4v) is 3.63. The average Bonchev–Trinajstić information content (AvgIpc) is 2.81. The molecule has 2 fully saturated rings. The van der Waals surface area contributed by atoms with Crippen LogP contribution in [-0.4, -0.2) is 85.7 Å². The van der Waals surface area contributed by atoms with Gasteiger partial charge < -0.3 is 9.64 Å². The quantitative estimate of drug-likeness (QED) is 0.769. The highest BCUT2D eigenvalue weighted by Gasteiger charge is 2.31. The highest BCUT2D eigenvalue weighted by Crippen LogP contribution is 2.16. The maximum absolute atomic E-state index is 12.8. The van der Waals surface area contributed by atoms with Crippen LogP contribution in [0.3, 0.4) is 0 Å². The first kappa shape index (κ1) is 17.7. The summed E-state index contributed by atoms with van der Waals surface area (Å²) in [6, 6.07) is 0.508. The second-order valence-corrected chi connectivity index (χ2v) is 6.79. The molecule has 0 aromatic heterocycles. The lowest BCUT2D eigenvalue weighted by atomic mass is 10.1. The number of hydrogen-bond acceptors (Lipinski definition) is 4. The minimum absolute atomic E-state index is 0.0186. The Morgan fingerprint density at radius 3 is 2.41 bits per heavy atom. The van der Waals surface area contributed by atoms with Gasteiger partial charge in [0.2, 0.25) is 5.91 Å². The maximum atomic E-state index is 12.8. The molecule has 128 valence electrons. The predicted octanol–water partition coefficient (Wildman–Crippen LogP) is 1.43. The molecule has 0 bridgehead atoms. The zero-order valence-electron chi connectivity index (χ0n) is 14.6. The molecule has 2 atom stereocenters. The fraction of sp³-hybridized carbons (Fsp3) is 0.941. The van der Waals surface area contributed by atoms with Crippen molar-refractivity contribution in [2.75, 3.05) is 53.0 Å². The molecule has 0 radical (unpaired) electrons. The first-order chi connectivity index (χ1) is 10.6. The summed E-state index contributed by atoms with van der Waals surface area (Å²) >= 11 is 0. The summed E-state index contributed by atoms with van der Waals surface area (Å²) in [5.74, 6) is 0.333. The number of methoxy groups -OCH3 is 1. The Balaban J connectivity index is 1.84. The molecule has 0 aromatic carbocycles. The number of hydrogen-bond donors (Lipinski definition) is 0. The van der Waals surface area contributed by atoms with Crippen LogP contribution in [0.1, 0.15) is 39.5 Å². The number of amides is 1. The molecule has 5 heteroatoms. The van der Waals surface area contributed by atoms with Crippen molar-refractivity contribution < 1.29 is 9.53 Å². The number of carbonyl (C=O) groups is 1. The predicted molar refractivity (Wildman–Crippen MR) is 89.0 cm³/mol. The molecule has 0 N–H and O–H groups in total. The summed E-state index contributed by atoms with van der Waals surface area (Å²) in [6.45, 7) is 11.0. The Labute approximate surface area is 135 Å². The number of likely N-dealkylation sites (tertiary alicyclic amines) is 1. The van der Waals surface area contributed by atoms with Gasteiger partial charge >= 0.3 is 0 Å². The molecule has 2 aliphatic heterocycles. The van der Waals surface area contributed by atoms with Crippen LogP contribution < -0.4 is 0 Å². The molecule has 2 heterocycles. The van der Waals surface area contributed by atoms with Gasteiger partial charge in [0.1, 0.15) is 0 Å². The smallest absolute Gasteiger partial charge is 0.239 e. The first-order valence-corrected chi connectivity index (χ1v) is 8.89. The molecule has 2 saturated heterocycles. The van der Waals surface area contributed by atoms with Crippen molar-refractivity contribution in [1.82, 2.24) is 14.7 Å². The Morgan fingerprint density at radius 1 is 1.14 bits per heavy atom. The Morgan fingerprint density at radius 2 is 1.82 bits per heavy atom. The second-order valence-electron chi connectivity index (χ2n) is 6.79. The van der Waals surface area contributed by atoms with E-state index in [1.165, 1.54) is 25.7 Å². The molecule has 5 nitrogen and oxygen atoms in total. The lowest BCUT2D eigenvalue weighted by Gasteiger charge is -2.42. The number of nitrogens with zero attached hydrogens (tertiary/aromatic N) is 3. The lowest BCUT2D eigenvalue weighted by Crippen LogP contribution is -2.58. The van der Waals surface area contributed by atoms with Gasteiger partial charge in [0.05, 0.1) is 12.6 Å². The minimum atomic E-state index is 0.0186. The number of ether oxygens (including phenoxy) is 1. The molecule has 2 unspecified atom stereocenters. The van der Waals surface area contributed by atoms with Crippen molar-refractivity contribution in [3.8, 4) is 0 Å². The molecule has 22 heavy (non-hydrogen) atoms. The lowest BCUT2D eigenvalue weighted by molar-refractivity contribution is -0.137. The van der Waals surface area contributed by atoms with Gasteiger partial charge in [-0.25, -0.2) is 0 Å². The van der Waals surface area contributed by atoms with Crippen molar-refractivity contribution in [3.05, 3.63) is 0 Å². The molecule has 1 amide bonds. The standard InChI is InChI=1S/C17H33N3O2/c1-15-14-20(11-10-18(15)12-13-22-3)16(2)17(21)19-8-6-4-5-7-9-19/h15-16H,4-14H2,1-3H3. The van der Waals surface area contributed by atoms with E-state index >= 15 is 0 Å². The SMILES string of the molecule is COCCN1CCN(C(C)C(=O)N2CCCCCC2)CC1C. The van der Waals surface area contributed by atoms with E-state index in [4.69, 9.17) is 4.74 Å². The van der Waals surface area contributed by atoms with E-state index in [1.807, 2.05) is 0 Å². The van der Waals surface area contributed by atoms with Crippen molar-refractivity contribution >= 4 is 5.91 Å². The molecular formula is C17H33N3O2. The first-order valence-electron chi connectivity index (χ1n) is 8.89. The molecule has 2 aliphatic rings. The van der Waals surface area contributed by atoms with E-state index in [-0.39, 0.29) is 6.04 Å². The third-order valence-electron chi connectivity index (χ3n) is 5.20. The summed E-state index contributed by atoms with van der Waals surface area (Å²) in [6.07, 6.45) is 4.88. The normalized spacial score (nSPS) is 26.7. The second kappa shape index (κ2) is 8.85. The van der Waals surface area contributed by atoms with Gasteiger partial charge in [-0.05, 0) is 26.7 Å². The van der Waals surface area contributed by atoms with E-state index in [2.05, 4.69) is 28.5 Å². The molecular weight excluding hydrogens is 278 g/mol. The van der Waals surface area contributed by atoms with Crippen LogP contribution in [-0.2, 0) is 9.53 Å². The summed E-state index contributed by atoms with van der Waals surface area (Å²) < 4.78 is 5.18. The summed E-state index contributed by atoms with van der Waals surface area (Å²) in [7, 11) is 1.75. The van der Waals surface area contributed by atoms with Crippen molar-refractivity contribution in [2.24, 2.45) is 0 Å². The van der Waals surface area contributed by atoms with Gasteiger partial charge in [-0.1, -0.05) is 12.8 Å². The monoisotopic (exact) mass is 311 g/mol. The van der Waals surface area contributed by atoms with E-state index in [0.717, 1.165) is 45.9 Å². The summed E-state index contributed by atoms with van der Waals surface area (Å²) in [5, 5.41) is 0. The van der Waals surface area contributed by atoms with Crippen LogP contribution in [0.25, 0.3) is 0 Å². The van der Waals surface area contributed by atoms with Gasteiger partial charge in [0.25, 0.3) is 0 Å². The van der Waals surface area contributed by atoms with Crippen LogP contribution in [0, 0.1) is 0 Å². The van der Waals surface area contributed by atoms with Gasteiger partial charge in [-0.2, -0.15) is 0 Å². The van der Waals surface area contributed by atoms with Crippen LogP contribution in [0.4, 0.5) is 0 Å². The zero-order valence-corrected chi connectivity index (χ0v) is 14.6. The van der Waals surface area contributed by atoms with Gasteiger partial charge in [-0.3, -0.25) is 14.6 Å². The topological polar surface area (TPSA) is 36.0 Å². The van der Waals surface area contributed by atoms with Gasteiger partial charge in [0.15, 0.2) is 0 Å². The van der Waals surface area contributed by atoms with E-state index in [9.17, 15) is 4.79 Å². The summed E-state index contributed by atoms with van der Waals surface area (Å²) in [5.41, 5.74) is 0. The molecule has 0 spiro atoms. The van der Waals surface area contributed by atoms with Crippen LogP contribution >= 0.6 is 0 Å². The largest absolute Gasteiger partial charge is 0.383 e. The van der Waals surface area contributed by atoms with E-state index in [1.54, 1.807) is 7.11 Å². The maximum Gasteiger partial charge on any atom is 0.239 e. The van der Waals surface area contributed by atoms with Crippen molar-refractivity contribution in [2.45, 2.75) is 51.6 Å². The molecule has 0 aliphatic carbocycles. The molecule has 0 aromatic rings. The molecule has 0 saturated carbocycles. The van der Waals surface area contributed by atoms with Crippen LogP contribution in [0.15, 0.2) is 0 Å². The van der Waals surface area contributed by atoms with E-state index in [0.29, 0.717) is 11.9 Å². The minimum Gasteiger partial charge on any atom is -0.383 e. The fourth-order valence-electron chi connectivity index (χ4n) is 3.63. The Bertz CT molecular complexity index is 343. The highest BCUT2D eigenvalue weighted by molar-refractivity contribution is 5.81. The molecule has 2 rings (SSSR count). The number of piperazine rings is 1. The number of carbonyl (C=O) groups excluding carboxylic acids is 1. The van der Waals surface area contributed by atoms with Crippen molar-refractivity contribution in [3.63, 3.8) is 0 Å². The third-order valence-corrected chi connectivity index (χ3v) is 5.20. The van der Waals surface area contributed by atoms with Crippen LogP contribution in [0.5, 0.6) is 0 Å². The number of rotatable bonds is 5. The third kappa shape index (κ3) is 4.67. The average molecular weight is 311 g/mol. The Kier molecular flexibility index (Phi) is 7.12. The van der Waals surface area contributed by atoms with Crippen LogP contribution in [0.2, 0.25) is 0 Å². The van der Waals surface area contributed by atoms with Crippen molar-refractivity contribution in [1.29, 1.82) is 0 Å². The highest BCUT2D eigenvalue weighted by atomic mass is 16.5. The van der Waals surface area contributed by atoms with Gasteiger partial charge in [0, 0.05) is 52.4 Å². The Hall–Kier alpha value is -0.650. The van der Waals surface area contributed by atoms with Gasteiger partial charge in [-0.15, -0.1) is 0 Å². The van der Waals surface area contributed by atoms with E-state index < -0.39 is 0 Å². The summed E-state index contributed by atoms with van der Waals surface area (Å²) in [4.78, 5) is 19.7.